The zero-order valence-electron chi connectivity index (χ0n) is 9.74. The molecule has 3 rings (SSSR count). The molecule has 0 bridgehead atoms. The molecule has 0 aliphatic carbocycles. The van der Waals surface area contributed by atoms with Crippen molar-refractivity contribution in [2.75, 3.05) is 0 Å². The van der Waals surface area contributed by atoms with E-state index in [-0.39, 0.29) is 5.69 Å². The Bertz CT molecular complexity index is 690. The molecule has 19 heavy (non-hydrogen) atoms. The third-order valence-corrected chi connectivity index (χ3v) is 2.59. The summed E-state index contributed by atoms with van der Waals surface area (Å²) in [5, 5.41) is 8.17. The molecule has 1 aromatic carbocycles. The van der Waals surface area contributed by atoms with Crippen LogP contribution in [-0.4, -0.2) is 24.5 Å². The van der Waals surface area contributed by atoms with E-state index in [2.05, 4.69) is 15.2 Å². The lowest BCUT2D eigenvalue weighted by molar-refractivity contribution is 0.572. The largest absolute Gasteiger partial charge is 0.247 e. The number of benzene rings is 1. The van der Waals surface area contributed by atoms with Crippen LogP contribution in [0.5, 0.6) is 0 Å². The van der Waals surface area contributed by atoms with E-state index < -0.39 is 11.6 Å². The van der Waals surface area contributed by atoms with Crippen molar-refractivity contribution in [2.24, 2.45) is 0 Å². The van der Waals surface area contributed by atoms with E-state index in [9.17, 15) is 8.78 Å². The van der Waals surface area contributed by atoms with E-state index >= 15 is 0 Å². The Labute approximate surface area is 107 Å². The van der Waals surface area contributed by atoms with Gasteiger partial charge in [-0.1, -0.05) is 0 Å². The van der Waals surface area contributed by atoms with Crippen LogP contribution < -0.4 is 0 Å². The number of rotatable bonds is 3. The average molecular weight is 261 g/mol. The van der Waals surface area contributed by atoms with Gasteiger partial charge in [0.05, 0.1) is 12.2 Å². The Morgan fingerprint density at radius 1 is 1.16 bits per heavy atom. The molecule has 0 aliphatic rings. The first-order chi connectivity index (χ1) is 9.22. The van der Waals surface area contributed by atoms with Crippen LogP contribution in [-0.2, 0) is 6.54 Å². The quantitative estimate of drug-likeness (QED) is 0.722. The first kappa shape index (κ1) is 11.5. The molecule has 0 N–H and O–H groups in total. The predicted molar refractivity (Wildman–Crippen MR) is 62.6 cm³/mol. The van der Waals surface area contributed by atoms with Gasteiger partial charge >= 0.3 is 0 Å². The van der Waals surface area contributed by atoms with Crippen LogP contribution in [0.3, 0.4) is 0 Å². The summed E-state index contributed by atoms with van der Waals surface area (Å²) in [6.45, 7) is 0.440. The van der Waals surface area contributed by atoms with Crippen molar-refractivity contribution in [3.63, 3.8) is 0 Å². The zero-order valence-corrected chi connectivity index (χ0v) is 9.74. The number of aromatic nitrogens is 5. The van der Waals surface area contributed by atoms with Gasteiger partial charge in [0.2, 0.25) is 0 Å². The van der Waals surface area contributed by atoms with Crippen LogP contribution >= 0.6 is 0 Å². The third-order valence-electron chi connectivity index (χ3n) is 2.59. The molecule has 0 amide bonds. The third kappa shape index (κ3) is 2.35. The first-order valence-corrected chi connectivity index (χ1v) is 5.55. The van der Waals surface area contributed by atoms with E-state index in [4.69, 9.17) is 0 Å². The van der Waals surface area contributed by atoms with Crippen LogP contribution in [0.1, 0.15) is 5.69 Å². The highest BCUT2D eigenvalue weighted by molar-refractivity contribution is 5.33. The van der Waals surface area contributed by atoms with Crippen molar-refractivity contribution in [1.29, 1.82) is 0 Å². The summed E-state index contributed by atoms with van der Waals surface area (Å²) in [6.07, 6.45) is 4.61. The highest BCUT2D eigenvalue weighted by atomic mass is 19.1. The molecule has 5 nitrogen and oxygen atoms in total. The minimum absolute atomic E-state index is 0.200. The zero-order chi connectivity index (χ0) is 13.2. The molecule has 0 radical (unpaired) electrons. The predicted octanol–water partition coefficient (Wildman–Crippen LogP) is 1.79. The van der Waals surface area contributed by atoms with Gasteiger partial charge in [-0.25, -0.2) is 23.1 Å². The molecule has 2 aromatic heterocycles. The second-order valence-corrected chi connectivity index (χ2v) is 3.94. The van der Waals surface area contributed by atoms with Gasteiger partial charge in [-0.05, 0) is 18.2 Å². The van der Waals surface area contributed by atoms with Crippen LogP contribution in [0, 0.1) is 11.6 Å². The second-order valence-electron chi connectivity index (χ2n) is 3.94. The summed E-state index contributed by atoms with van der Waals surface area (Å²) in [5.74, 6) is -1.27. The first-order valence-electron chi connectivity index (χ1n) is 5.55. The molecule has 0 atom stereocenters. The number of nitrogens with zero attached hydrogens (tertiary/aromatic N) is 5. The van der Waals surface area contributed by atoms with E-state index in [1.807, 2.05) is 0 Å². The van der Waals surface area contributed by atoms with E-state index in [1.165, 1.54) is 23.1 Å². The van der Waals surface area contributed by atoms with Gasteiger partial charge in [0.1, 0.15) is 24.2 Å². The van der Waals surface area contributed by atoms with Gasteiger partial charge in [-0.2, -0.15) is 10.2 Å². The Hall–Kier alpha value is -2.57. The topological polar surface area (TPSA) is 48.5 Å². The molecule has 0 spiro atoms. The molecule has 96 valence electrons. The van der Waals surface area contributed by atoms with Crippen LogP contribution in [0.4, 0.5) is 8.78 Å². The minimum Gasteiger partial charge on any atom is -0.247 e. The number of hydrogen-bond donors (Lipinski definition) is 0. The lowest BCUT2D eigenvalue weighted by Gasteiger charge is -2.03. The van der Waals surface area contributed by atoms with Crippen molar-refractivity contribution < 1.29 is 8.78 Å². The minimum atomic E-state index is -0.657. The Kier molecular flexibility index (Phi) is 2.79. The highest BCUT2D eigenvalue weighted by Crippen LogP contribution is 2.14. The normalized spacial score (nSPS) is 10.8. The van der Waals surface area contributed by atoms with E-state index in [0.717, 1.165) is 6.07 Å². The summed E-state index contributed by atoms with van der Waals surface area (Å²) in [6, 6.07) is 5.10. The summed E-state index contributed by atoms with van der Waals surface area (Å²) in [4.78, 5) is 3.82. The van der Waals surface area contributed by atoms with Crippen molar-refractivity contribution in [1.82, 2.24) is 24.5 Å². The molecule has 0 unspecified atom stereocenters. The molecule has 7 heteroatoms. The summed E-state index contributed by atoms with van der Waals surface area (Å²) >= 11 is 0. The van der Waals surface area contributed by atoms with Crippen LogP contribution in [0.2, 0.25) is 0 Å². The molecule has 0 saturated heterocycles. The highest BCUT2D eigenvalue weighted by Gasteiger charge is 2.08. The summed E-state index contributed by atoms with van der Waals surface area (Å²) in [5.41, 5.74) is 0.903. The molecule has 3 aromatic rings. The van der Waals surface area contributed by atoms with Crippen molar-refractivity contribution in [3.05, 3.63) is 60.4 Å². The van der Waals surface area contributed by atoms with Gasteiger partial charge in [-0.15, -0.1) is 0 Å². The molecule has 0 fully saturated rings. The van der Waals surface area contributed by atoms with Gasteiger partial charge in [0.15, 0.2) is 5.82 Å². The Morgan fingerprint density at radius 2 is 2.05 bits per heavy atom. The lowest BCUT2D eigenvalue weighted by atomic mass is 10.3. The average Bonchev–Trinajstić information content (AvgIpc) is 3.01. The fourth-order valence-electron chi connectivity index (χ4n) is 1.73. The second kappa shape index (κ2) is 4.60. The van der Waals surface area contributed by atoms with Gasteiger partial charge in [-0.3, -0.25) is 0 Å². The van der Waals surface area contributed by atoms with Gasteiger partial charge < -0.3 is 0 Å². The number of halogens is 2. The summed E-state index contributed by atoms with van der Waals surface area (Å²) in [7, 11) is 0. The Balaban J connectivity index is 1.88. The fraction of sp³-hybridized carbons (Fsp3) is 0.0833. The van der Waals surface area contributed by atoms with Crippen molar-refractivity contribution in [2.45, 2.75) is 6.54 Å². The van der Waals surface area contributed by atoms with E-state index in [1.54, 1.807) is 23.3 Å². The van der Waals surface area contributed by atoms with Crippen molar-refractivity contribution >= 4 is 0 Å². The number of hydrogen-bond acceptors (Lipinski definition) is 3. The monoisotopic (exact) mass is 261 g/mol. The molecular weight excluding hydrogens is 252 g/mol. The van der Waals surface area contributed by atoms with Crippen molar-refractivity contribution in [3.8, 4) is 5.69 Å². The SMILES string of the molecule is Fc1ccc(-n2ccc(Cn3cncn3)n2)c(F)c1. The lowest BCUT2D eigenvalue weighted by Crippen LogP contribution is -2.03. The van der Waals surface area contributed by atoms with Crippen LogP contribution in [0.15, 0.2) is 43.1 Å². The van der Waals surface area contributed by atoms with Gasteiger partial charge in [0, 0.05) is 12.3 Å². The maximum Gasteiger partial charge on any atom is 0.151 e. The van der Waals surface area contributed by atoms with Crippen LogP contribution in [0.25, 0.3) is 5.69 Å². The Morgan fingerprint density at radius 3 is 2.79 bits per heavy atom. The van der Waals surface area contributed by atoms with E-state index in [0.29, 0.717) is 12.2 Å². The molecule has 2 heterocycles. The molecular formula is C12H9F2N5. The molecule has 0 saturated carbocycles. The smallest absolute Gasteiger partial charge is 0.151 e. The van der Waals surface area contributed by atoms with Gasteiger partial charge in [0.25, 0.3) is 0 Å². The molecule has 0 aliphatic heterocycles. The standard InChI is InChI=1S/C12H9F2N5/c13-9-1-2-12(11(14)5-9)19-4-3-10(17-19)6-18-8-15-7-16-18/h1-5,7-8H,6H2. The summed E-state index contributed by atoms with van der Waals surface area (Å²) < 4.78 is 29.4. The maximum absolute atomic E-state index is 13.6. The fourth-order valence-corrected chi connectivity index (χ4v) is 1.73. The maximum atomic E-state index is 13.6.